The highest BCUT2D eigenvalue weighted by atomic mass is 16.5. The monoisotopic (exact) mass is 249 g/mol. The lowest BCUT2D eigenvalue weighted by Crippen LogP contribution is -2.15. The van der Waals surface area contributed by atoms with Gasteiger partial charge in [0.2, 0.25) is 11.7 Å². The highest BCUT2D eigenvalue weighted by Crippen LogP contribution is 2.23. The van der Waals surface area contributed by atoms with Gasteiger partial charge in [0.1, 0.15) is 0 Å². The topological polar surface area (TPSA) is 82.8 Å². The van der Waals surface area contributed by atoms with Crippen molar-refractivity contribution in [3.63, 3.8) is 0 Å². The van der Waals surface area contributed by atoms with E-state index in [2.05, 4.69) is 29.0 Å². The van der Waals surface area contributed by atoms with Crippen molar-refractivity contribution in [2.24, 2.45) is 18.7 Å². The highest BCUT2D eigenvalue weighted by molar-refractivity contribution is 5.42. The molecule has 0 spiro atoms. The van der Waals surface area contributed by atoms with Crippen LogP contribution in [0.25, 0.3) is 11.6 Å². The Bertz CT molecular complexity index is 502. The molecule has 0 aliphatic carbocycles. The molecule has 98 valence electrons. The van der Waals surface area contributed by atoms with Gasteiger partial charge in [0.25, 0.3) is 0 Å². The normalized spacial score (nSPS) is 13.2. The van der Waals surface area contributed by atoms with Crippen LogP contribution in [-0.2, 0) is 7.05 Å². The van der Waals surface area contributed by atoms with E-state index in [4.69, 9.17) is 10.3 Å². The number of aromatic nitrogens is 4. The third-order valence-corrected chi connectivity index (χ3v) is 2.85. The largest absolute Gasteiger partial charge is 0.339 e. The fraction of sp³-hybridized carbons (Fsp3) is 0.583. The number of hydrogen-bond donors (Lipinski definition) is 1. The van der Waals surface area contributed by atoms with Crippen LogP contribution in [0.15, 0.2) is 16.9 Å². The van der Waals surface area contributed by atoms with Crippen molar-refractivity contribution in [1.29, 1.82) is 0 Å². The first-order valence-electron chi connectivity index (χ1n) is 6.13. The van der Waals surface area contributed by atoms with E-state index >= 15 is 0 Å². The molecule has 2 N–H and O–H groups in total. The van der Waals surface area contributed by atoms with Crippen LogP contribution in [0, 0.1) is 5.92 Å². The smallest absolute Gasteiger partial charge is 0.238 e. The van der Waals surface area contributed by atoms with Crippen molar-refractivity contribution < 1.29 is 4.52 Å². The van der Waals surface area contributed by atoms with Gasteiger partial charge >= 0.3 is 0 Å². The van der Waals surface area contributed by atoms with Crippen LogP contribution in [0.4, 0.5) is 0 Å². The number of nitrogens with two attached hydrogens (primary N) is 1. The van der Waals surface area contributed by atoms with E-state index in [0.29, 0.717) is 30.0 Å². The SMILES string of the molecule is CC(C)CC(CN)c1nc(-c2nccn2C)no1. The Morgan fingerprint density at radius 2 is 2.22 bits per heavy atom. The molecule has 0 saturated heterocycles. The lowest BCUT2D eigenvalue weighted by atomic mass is 9.97. The van der Waals surface area contributed by atoms with Gasteiger partial charge in [-0.1, -0.05) is 19.0 Å². The average molecular weight is 249 g/mol. The molecule has 1 unspecified atom stereocenters. The van der Waals surface area contributed by atoms with E-state index in [9.17, 15) is 0 Å². The second kappa shape index (κ2) is 5.30. The molecule has 2 heterocycles. The van der Waals surface area contributed by atoms with E-state index in [-0.39, 0.29) is 5.92 Å². The van der Waals surface area contributed by atoms with Crippen molar-refractivity contribution in [2.45, 2.75) is 26.2 Å². The summed E-state index contributed by atoms with van der Waals surface area (Å²) in [5, 5.41) is 3.97. The minimum absolute atomic E-state index is 0.117. The minimum atomic E-state index is 0.117. The zero-order chi connectivity index (χ0) is 13.1. The predicted molar refractivity (Wildman–Crippen MR) is 67.8 cm³/mol. The number of imidazole rings is 1. The molecule has 0 radical (unpaired) electrons. The zero-order valence-electron chi connectivity index (χ0n) is 11.0. The summed E-state index contributed by atoms with van der Waals surface area (Å²) in [6.45, 7) is 4.82. The summed E-state index contributed by atoms with van der Waals surface area (Å²) < 4.78 is 7.16. The van der Waals surface area contributed by atoms with Crippen LogP contribution >= 0.6 is 0 Å². The maximum absolute atomic E-state index is 5.76. The molecular weight excluding hydrogens is 230 g/mol. The summed E-state index contributed by atoms with van der Waals surface area (Å²) in [5.41, 5.74) is 5.76. The fourth-order valence-corrected chi connectivity index (χ4v) is 1.94. The van der Waals surface area contributed by atoms with E-state index in [1.54, 1.807) is 6.20 Å². The van der Waals surface area contributed by atoms with Gasteiger partial charge in [0, 0.05) is 26.0 Å². The van der Waals surface area contributed by atoms with Crippen molar-refractivity contribution in [3.8, 4) is 11.6 Å². The molecule has 0 bridgehead atoms. The molecule has 0 fully saturated rings. The molecule has 2 aromatic rings. The van der Waals surface area contributed by atoms with E-state index < -0.39 is 0 Å². The summed E-state index contributed by atoms with van der Waals surface area (Å²) in [6, 6.07) is 0. The average Bonchev–Trinajstić information content (AvgIpc) is 2.93. The molecule has 0 aliphatic heterocycles. The molecule has 18 heavy (non-hydrogen) atoms. The molecule has 0 aliphatic rings. The molecule has 0 saturated carbocycles. The first-order valence-corrected chi connectivity index (χ1v) is 6.13. The summed E-state index contributed by atoms with van der Waals surface area (Å²) in [4.78, 5) is 8.59. The maximum Gasteiger partial charge on any atom is 0.238 e. The second-order valence-corrected chi connectivity index (χ2v) is 4.88. The standard InChI is InChI=1S/C12H19N5O/c1-8(2)6-9(7-13)12-15-10(16-18-12)11-14-4-5-17(11)3/h4-5,8-9H,6-7,13H2,1-3H3. The van der Waals surface area contributed by atoms with Gasteiger partial charge in [-0.25, -0.2) is 4.98 Å². The third kappa shape index (κ3) is 2.59. The molecule has 2 rings (SSSR count). The van der Waals surface area contributed by atoms with Crippen molar-refractivity contribution in [1.82, 2.24) is 19.7 Å². The van der Waals surface area contributed by atoms with Gasteiger partial charge in [-0.15, -0.1) is 0 Å². The fourth-order valence-electron chi connectivity index (χ4n) is 1.94. The van der Waals surface area contributed by atoms with Crippen molar-refractivity contribution in [3.05, 3.63) is 18.3 Å². The van der Waals surface area contributed by atoms with Crippen molar-refractivity contribution >= 4 is 0 Å². The highest BCUT2D eigenvalue weighted by Gasteiger charge is 2.20. The zero-order valence-corrected chi connectivity index (χ0v) is 11.0. The number of hydrogen-bond acceptors (Lipinski definition) is 5. The van der Waals surface area contributed by atoms with Crippen LogP contribution < -0.4 is 5.73 Å². The Kier molecular flexibility index (Phi) is 3.76. The molecule has 0 amide bonds. The molecule has 1 atom stereocenters. The molecule has 6 nitrogen and oxygen atoms in total. The summed E-state index contributed by atoms with van der Waals surface area (Å²) >= 11 is 0. The van der Waals surface area contributed by atoms with Crippen LogP contribution in [0.5, 0.6) is 0 Å². The minimum Gasteiger partial charge on any atom is -0.339 e. The number of aryl methyl sites for hydroxylation is 1. The molecular formula is C12H19N5O. The van der Waals surface area contributed by atoms with Crippen LogP contribution in [0.2, 0.25) is 0 Å². The Morgan fingerprint density at radius 1 is 1.44 bits per heavy atom. The van der Waals surface area contributed by atoms with E-state index in [1.165, 1.54) is 0 Å². The van der Waals surface area contributed by atoms with Gasteiger partial charge < -0.3 is 14.8 Å². The van der Waals surface area contributed by atoms with Gasteiger partial charge in [-0.05, 0) is 12.3 Å². The molecule has 0 aromatic carbocycles. The van der Waals surface area contributed by atoms with Gasteiger partial charge in [0.15, 0.2) is 5.82 Å². The first-order chi connectivity index (χ1) is 8.61. The van der Waals surface area contributed by atoms with Gasteiger partial charge in [-0.3, -0.25) is 0 Å². The van der Waals surface area contributed by atoms with Crippen molar-refractivity contribution in [2.75, 3.05) is 6.54 Å². The Hall–Kier alpha value is -1.69. The first kappa shape index (κ1) is 12.8. The Morgan fingerprint density at radius 3 is 2.78 bits per heavy atom. The summed E-state index contributed by atoms with van der Waals surface area (Å²) in [6.07, 6.45) is 4.50. The van der Waals surface area contributed by atoms with Crippen LogP contribution in [0.3, 0.4) is 0 Å². The summed E-state index contributed by atoms with van der Waals surface area (Å²) in [5.74, 6) is 2.47. The van der Waals surface area contributed by atoms with E-state index in [1.807, 2.05) is 17.8 Å². The van der Waals surface area contributed by atoms with Crippen LogP contribution in [0.1, 0.15) is 32.1 Å². The third-order valence-electron chi connectivity index (χ3n) is 2.85. The number of nitrogens with zero attached hydrogens (tertiary/aromatic N) is 4. The maximum atomic E-state index is 5.76. The van der Waals surface area contributed by atoms with Crippen LogP contribution in [-0.4, -0.2) is 26.2 Å². The quantitative estimate of drug-likeness (QED) is 0.869. The summed E-state index contributed by atoms with van der Waals surface area (Å²) in [7, 11) is 1.90. The Balaban J connectivity index is 2.22. The molecule has 2 aromatic heterocycles. The predicted octanol–water partition coefficient (Wildman–Crippen LogP) is 1.56. The lowest BCUT2D eigenvalue weighted by molar-refractivity contribution is 0.334. The Labute approximate surface area is 106 Å². The molecule has 6 heteroatoms. The van der Waals surface area contributed by atoms with Gasteiger partial charge in [0.05, 0.1) is 5.92 Å². The van der Waals surface area contributed by atoms with Gasteiger partial charge in [-0.2, -0.15) is 4.98 Å². The number of rotatable bonds is 5. The van der Waals surface area contributed by atoms with E-state index in [0.717, 1.165) is 6.42 Å². The second-order valence-electron chi connectivity index (χ2n) is 4.88. The lowest BCUT2D eigenvalue weighted by Gasteiger charge is -2.11.